The number of hydrogen-bond acceptors (Lipinski definition) is 3. The zero-order valence-corrected chi connectivity index (χ0v) is 10.2. The van der Waals surface area contributed by atoms with Crippen LogP contribution in [0.2, 0.25) is 0 Å². The first-order valence-corrected chi connectivity index (χ1v) is 5.95. The molecule has 0 aromatic rings. The molecule has 1 fully saturated rings. The number of amides is 1. The minimum Gasteiger partial charge on any atom is -0.480 e. The first-order valence-electron chi connectivity index (χ1n) is 5.95. The number of carboxylic acid groups (broad SMARTS) is 1. The minimum atomic E-state index is -1.03. The standard InChI is InChI=1S/C12H20N2O3/c1-3-6-9(10(15)16)14-11(17)12(4-2)7-5-8-13-12/h3,9,13H,1,4-8H2,2H3,(H,14,17)(H,15,16)/t9-,12-/m1/s1. The zero-order valence-electron chi connectivity index (χ0n) is 10.2. The van der Waals surface area contributed by atoms with Crippen LogP contribution >= 0.6 is 0 Å². The number of hydrogen-bond donors (Lipinski definition) is 3. The van der Waals surface area contributed by atoms with E-state index in [0.29, 0.717) is 6.42 Å². The molecule has 1 aliphatic heterocycles. The van der Waals surface area contributed by atoms with Crippen LogP contribution in [0.3, 0.4) is 0 Å². The highest BCUT2D eigenvalue weighted by Crippen LogP contribution is 2.23. The predicted octanol–water partition coefficient (Wildman–Crippen LogP) is 0.664. The topological polar surface area (TPSA) is 78.4 Å². The van der Waals surface area contributed by atoms with Crippen molar-refractivity contribution in [1.82, 2.24) is 10.6 Å². The Balaban J connectivity index is 2.68. The molecule has 0 spiro atoms. The van der Waals surface area contributed by atoms with Gasteiger partial charge in [0, 0.05) is 0 Å². The summed E-state index contributed by atoms with van der Waals surface area (Å²) >= 11 is 0. The number of nitrogens with one attached hydrogen (secondary N) is 2. The summed E-state index contributed by atoms with van der Waals surface area (Å²) in [7, 11) is 0. The van der Waals surface area contributed by atoms with Crippen LogP contribution in [0.5, 0.6) is 0 Å². The lowest BCUT2D eigenvalue weighted by atomic mass is 9.92. The molecule has 0 bridgehead atoms. The molecule has 0 aromatic carbocycles. The lowest BCUT2D eigenvalue weighted by molar-refractivity contribution is -0.142. The summed E-state index contributed by atoms with van der Waals surface area (Å²) in [6, 6.07) is -0.883. The average molecular weight is 240 g/mol. The summed E-state index contributed by atoms with van der Waals surface area (Å²) in [6.07, 6.45) is 4.11. The van der Waals surface area contributed by atoms with Crippen molar-refractivity contribution in [3.63, 3.8) is 0 Å². The summed E-state index contributed by atoms with van der Waals surface area (Å²) in [5.74, 6) is -1.24. The average Bonchev–Trinajstić information content (AvgIpc) is 2.78. The van der Waals surface area contributed by atoms with Crippen LogP contribution in [-0.2, 0) is 9.59 Å². The number of carbonyl (C=O) groups excluding carboxylic acids is 1. The van der Waals surface area contributed by atoms with Crippen LogP contribution in [0.4, 0.5) is 0 Å². The van der Waals surface area contributed by atoms with Crippen molar-refractivity contribution >= 4 is 11.9 Å². The molecule has 1 amide bonds. The van der Waals surface area contributed by atoms with Crippen LogP contribution in [0.1, 0.15) is 32.6 Å². The summed E-state index contributed by atoms with van der Waals surface area (Å²) in [5, 5.41) is 14.7. The van der Waals surface area contributed by atoms with Gasteiger partial charge in [0.05, 0.1) is 5.54 Å². The molecule has 5 heteroatoms. The van der Waals surface area contributed by atoms with Gasteiger partial charge in [-0.15, -0.1) is 6.58 Å². The van der Waals surface area contributed by atoms with Crippen molar-refractivity contribution in [3.05, 3.63) is 12.7 Å². The van der Waals surface area contributed by atoms with Gasteiger partial charge >= 0.3 is 5.97 Å². The Hall–Kier alpha value is -1.36. The minimum absolute atomic E-state index is 0.216. The van der Waals surface area contributed by atoms with E-state index in [1.807, 2.05) is 6.92 Å². The molecule has 5 nitrogen and oxygen atoms in total. The molecule has 0 aromatic heterocycles. The van der Waals surface area contributed by atoms with Gasteiger partial charge in [0.1, 0.15) is 6.04 Å². The van der Waals surface area contributed by atoms with Gasteiger partial charge in [-0.2, -0.15) is 0 Å². The lowest BCUT2D eigenvalue weighted by Crippen LogP contribution is -2.56. The third-order valence-corrected chi connectivity index (χ3v) is 3.29. The Morgan fingerprint density at radius 1 is 1.65 bits per heavy atom. The molecule has 96 valence electrons. The molecule has 2 atom stereocenters. The highest BCUT2D eigenvalue weighted by atomic mass is 16.4. The molecular formula is C12H20N2O3. The number of rotatable bonds is 6. The van der Waals surface area contributed by atoms with Gasteiger partial charge in [0.25, 0.3) is 0 Å². The first kappa shape index (κ1) is 13.7. The van der Waals surface area contributed by atoms with Crippen LogP contribution in [0.15, 0.2) is 12.7 Å². The zero-order chi connectivity index (χ0) is 12.9. The Kier molecular flexibility index (Phi) is 4.69. The first-order chi connectivity index (χ1) is 8.05. The van der Waals surface area contributed by atoms with Crippen LogP contribution < -0.4 is 10.6 Å². The Bertz CT molecular complexity index is 309. The second kappa shape index (κ2) is 5.82. The quantitative estimate of drug-likeness (QED) is 0.596. The van der Waals surface area contributed by atoms with Crippen LogP contribution in [-0.4, -0.2) is 35.1 Å². The molecule has 3 N–H and O–H groups in total. The number of aliphatic carboxylic acids is 1. The Morgan fingerprint density at radius 2 is 2.35 bits per heavy atom. The smallest absolute Gasteiger partial charge is 0.326 e. The molecule has 17 heavy (non-hydrogen) atoms. The van der Waals surface area contributed by atoms with Gasteiger partial charge in [-0.25, -0.2) is 4.79 Å². The number of carboxylic acids is 1. The fourth-order valence-electron chi connectivity index (χ4n) is 2.15. The summed E-state index contributed by atoms with van der Waals surface area (Å²) in [5.41, 5.74) is -0.588. The molecule has 0 aliphatic carbocycles. The second-order valence-corrected chi connectivity index (χ2v) is 4.35. The molecular weight excluding hydrogens is 220 g/mol. The monoisotopic (exact) mass is 240 g/mol. The molecule has 0 unspecified atom stereocenters. The van der Waals surface area contributed by atoms with Crippen molar-refractivity contribution in [2.24, 2.45) is 0 Å². The third-order valence-electron chi connectivity index (χ3n) is 3.29. The van der Waals surface area contributed by atoms with Crippen molar-refractivity contribution in [3.8, 4) is 0 Å². The number of carbonyl (C=O) groups is 2. The fraction of sp³-hybridized carbons (Fsp3) is 0.667. The van der Waals surface area contributed by atoms with E-state index in [1.54, 1.807) is 0 Å². The van der Waals surface area contributed by atoms with E-state index in [2.05, 4.69) is 17.2 Å². The summed E-state index contributed by atoms with van der Waals surface area (Å²) in [4.78, 5) is 23.1. The largest absolute Gasteiger partial charge is 0.480 e. The fourth-order valence-corrected chi connectivity index (χ4v) is 2.15. The molecule has 1 saturated heterocycles. The molecule has 0 radical (unpaired) electrons. The van der Waals surface area contributed by atoms with E-state index in [4.69, 9.17) is 5.11 Å². The SMILES string of the molecule is C=CC[C@@H](NC(=O)[C@@]1(CC)CCCN1)C(=O)O. The van der Waals surface area contributed by atoms with E-state index < -0.39 is 17.6 Å². The van der Waals surface area contributed by atoms with E-state index in [0.717, 1.165) is 19.4 Å². The highest BCUT2D eigenvalue weighted by Gasteiger charge is 2.40. The molecule has 0 saturated carbocycles. The summed E-state index contributed by atoms with van der Waals surface area (Å²) in [6.45, 7) is 6.23. The second-order valence-electron chi connectivity index (χ2n) is 4.35. The van der Waals surface area contributed by atoms with E-state index in [-0.39, 0.29) is 12.3 Å². The van der Waals surface area contributed by atoms with Gasteiger partial charge in [-0.1, -0.05) is 13.0 Å². The predicted molar refractivity (Wildman–Crippen MR) is 64.6 cm³/mol. The van der Waals surface area contributed by atoms with Crippen LogP contribution in [0, 0.1) is 0 Å². The van der Waals surface area contributed by atoms with Gasteiger partial charge < -0.3 is 15.7 Å². The maximum Gasteiger partial charge on any atom is 0.326 e. The molecule has 1 heterocycles. The maximum atomic E-state index is 12.1. The third kappa shape index (κ3) is 3.06. The Morgan fingerprint density at radius 3 is 2.76 bits per heavy atom. The van der Waals surface area contributed by atoms with Crippen molar-refractivity contribution in [2.45, 2.75) is 44.2 Å². The summed E-state index contributed by atoms with van der Waals surface area (Å²) < 4.78 is 0. The van der Waals surface area contributed by atoms with E-state index >= 15 is 0 Å². The Labute approximate surface area is 101 Å². The van der Waals surface area contributed by atoms with E-state index in [1.165, 1.54) is 6.08 Å². The molecule has 1 aliphatic rings. The van der Waals surface area contributed by atoms with Crippen molar-refractivity contribution < 1.29 is 14.7 Å². The molecule has 1 rings (SSSR count). The van der Waals surface area contributed by atoms with Crippen molar-refractivity contribution in [2.75, 3.05) is 6.54 Å². The normalized spacial score (nSPS) is 25.2. The van der Waals surface area contributed by atoms with Gasteiger partial charge in [0.15, 0.2) is 0 Å². The van der Waals surface area contributed by atoms with E-state index in [9.17, 15) is 9.59 Å². The maximum absolute atomic E-state index is 12.1. The highest BCUT2D eigenvalue weighted by molar-refractivity contribution is 5.90. The van der Waals surface area contributed by atoms with Gasteiger partial charge in [0.2, 0.25) is 5.91 Å². The van der Waals surface area contributed by atoms with Crippen LogP contribution in [0.25, 0.3) is 0 Å². The van der Waals surface area contributed by atoms with Gasteiger partial charge in [-0.3, -0.25) is 4.79 Å². The van der Waals surface area contributed by atoms with Gasteiger partial charge in [-0.05, 0) is 32.2 Å². The van der Waals surface area contributed by atoms with Crippen molar-refractivity contribution in [1.29, 1.82) is 0 Å². The lowest BCUT2D eigenvalue weighted by Gasteiger charge is -2.28.